The summed E-state index contributed by atoms with van der Waals surface area (Å²) in [6, 6.07) is 6.26. The van der Waals surface area contributed by atoms with E-state index in [0.29, 0.717) is 5.56 Å². The van der Waals surface area contributed by atoms with Gasteiger partial charge in [-0.25, -0.2) is 16.8 Å². The number of hydrogen-bond donors (Lipinski definition) is 1. The number of rotatable bonds is 4. The molecule has 21 heavy (non-hydrogen) atoms. The highest BCUT2D eigenvalue weighted by atomic mass is 32.2. The standard InChI is InChI=1S/C12H18N2O5S2/c1-20(16,17)13-6-8-14(9-7-13)21(18,19)12-5-3-2-4-11(12)10-15/h2-5,15H,6-10H2,1H3. The zero-order valence-electron chi connectivity index (χ0n) is 11.6. The van der Waals surface area contributed by atoms with Gasteiger partial charge in [0.2, 0.25) is 20.0 Å². The second kappa shape index (κ2) is 6.01. The van der Waals surface area contributed by atoms with E-state index in [4.69, 9.17) is 0 Å². The lowest BCUT2D eigenvalue weighted by molar-refractivity contribution is 0.269. The molecular weight excluding hydrogens is 316 g/mol. The van der Waals surface area contributed by atoms with Gasteiger partial charge in [0.25, 0.3) is 0 Å². The van der Waals surface area contributed by atoms with Crippen LogP contribution in [0.25, 0.3) is 0 Å². The molecule has 1 N–H and O–H groups in total. The van der Waals surface area contributed by atoms with E-state index in [1.807, 2.05) is 0 Å². The summed E-state index contributed by atoms with van der Waals surface area (Å²) in [6.07, 6.45) is 1.11. The van der Waals surface area contributed by atoms with Crippen LogP contribution in [0, 0.1) is 0 Å². The molecule has 1 heterocycles. The maximum atomic E-state index is 12.6. The molecule has 1 aromatic carbocycles. The summed E-state index contributed by atoms with van der Waals surface area (Å²) in [7, 11) is -7.02. The van der Waals surface area contributed by atoms with Crippen LogP contribution in [0.15, 0.2) is 29.2 Å². The molecule has 0 bridgehead atoms. The third kappa shape index (κ3) is 3.43. The average molecular weight is 334 g/mol. The number of piperazine rings is 1. The molecule has 1 fully saturated rings. The Kier molecular flexibility index (Phi) is 4.69. The lowest BCUT2D eigenvalue weighted by Crippen LogP contribution is -2.50. The molecule has 0 aliphatic carbocycles. The zero-order valence-corrected chi connectivity index (χ0v) is 13.3. The van der Waals surface area contributed by atoms with Crippen LogP contribution in [0.1, 0.15) is 5.56 Å². The van der Waals surface area contributed by atoms with E-state index in [1.54, 1.807) is 18.2 Å². The zero-order chi connectivity index (χ0) is 15.7. The summed E-state index contributed by atoms with van der Waals surface area (Å²) in [5.41, 5.74) is 0.336. The van der Waals surface area contributed by atoms with Crippen LogP contribution in [0.5, 0.6) is 0 Å². The van der Waals surface area contributed by atoms with Crippen LogP contribution in [-0.2, 0) is 26.7 Å². The van der Waals surface area contributed by atoms with Crippen molar-refractivity contribution in [3.63, 3.8) is 0 Å². The second-order valence-electron chi connectivity index (χ2n) is 4.83. The maximum absolute atomic E-state index is 12.6. The number of sulfonamides is 2. The average Bonchev–Trinajstić information content (AvgIpc) is 2.46. The van der Waals surface area contributed by atoms with E-state index >= 15 is 0 Å². The highest BCUT2D eigenvalue weighted by Crippen LogP contribution is 2.22. The summed E-state index contributed by atoms with van der Waals surface area (Å²) in [6.45, 7) is 0.127. The molecule has 1 aliphatic rings. The Morgan fingerprint density at radius 3 is 2.05 bits per heavy atom. The predicted octanol–water partition coefficient (Wildman–Crippen LogP) is -0.555. The molecule has 9 heteroatoms. The Balaban J connectivity index is 2.23. The van der Waals surface area contributed by atoms with Crippen LogP contribution in [-0.4, -0.2) is 63.0 Å². The molecule has 1 saturated heterocycles. The maximum Gasteiger partial charge on any atom is 0.243 e. The highest BCUT2D eigenvalue weighted by Gasteiger charge is 2.32. The first-order chi connectivity index (χ1) is 9.76. The Morgan fingerprint density at radius 2 is 1.52 bits per heavy atom. The fourth-order valence-corrected chi connectivity index (χ4v) is 4.73. The van der Waals surface area contributed by atoms with Gasteiger partial charge in [0.1, 0.15) is 0 Å². The Bertz CT molecular complexity index is 707. The number of benzene rings is 1. The summed E-state index contributed by atoms with van der Waals surface area (Å²) in [4.78, 5) is 0.0697. The second-order valence-corrected chi connectivity index (χ2v) is 8.72. The van der Waals surface area contributed by atoms with Gasteiger partial charge < -0.3 is 5.11 Å². The van der Waals surface area contributed by atoms with E-state index in [-0.39, 0.29) is 37.7 Å². The molecule has 0 spiro atoms. The van der Waals surface area contributed by atoms with Gasteiger partial charge in [-0.2, -0.15) is 8.61 Å². The number of nitrogens with zero attached hydrogens (tertiary/aromatic N) is 2. The fourth-order valence-electron chi connectivity index (χ4n) is 2.27. The van der Waals surface area contributed by atoms with Crippen molar-refractivity contribution in [1.82, 2.24) is 8.61 Å². The third-order valence-electron chi connectivity index (χ3n) is 3.43. The van der Waals surface area contributed by atoms with Crippen molar-refractivity contribution in [1.29, 1.82) is 0 Å². The van der Waals surface area contributed by atoms with Crippen molar-refractivity contribution < 1.29 is 21.9 Å². The van der Waals surface area contributed by atoms with Gasteiger partial charge in [-0.05, 0) is 11.6 Å². The first kappa shape index (κ1) is 16.4. The molecule has 0 aromatic heterocycles. The van der Waals surface area contributed by atoms with Gasteiger partial charge in [-0.1, -0.05) is 18.2 Å². The minimum Gasteiger partial charge on any atom is -0.392 e. The highest BCUT2D eigenvalue weighted by molar-refractivity contribution is 7.89. The molecule has 2 rings (SSSR count). The summed E-state index contributed by atoms with van der Waals surface area (Å²) >= 11 is 0. The van der Waals surface area contributed by atoms with Crippen molar-refractivity contribution in [3.05, 3.63) is 29.8 Å². The Labute approximate surface area is 124 Å². The molecule has 1 aromatic rings. The number of aliphatic hydroxyl groups excluding tert-OH is 1. The smallest absolute Gasteiger partial charge is 0.243 e. The van der Waals surface area contributed by atoms with Crippen molar-refractivity contribution in [2.45, 2.75) is 11.5 Å². The SMILES string of the molecule is CS(=O)(=O)N1CCN(S(=O)(=O)c2ccccc2CO)CC1. The Morgan fingerprint density at radius 1 is 1.00 bits per heavy atom. The summed E-state index contributed by atoms with van der Waals surface area (Å²) < 4.78 is 50.5. The molecule has 0 atom stereocenters. The van der Waals surface area contributed by atoms with Crippen molar-refractivity contribution in [3.8, 4) is 0 Å². The monoisotopic (exact) mass is 334 g/mol. The largest absolute Gasteiger partial charge is 0.392 e. The van der Waals surface area contributed by atoms with Crippen LogP contribution in [0.3, 0.4) is 0 Å². The fraction of sp³-hybridized carbons (Fsp3) is 0.500. The molecule has 0 saturated carbocycles. The first-order valence-corrected chi connectivity index (χ1v) is 9.69. The molecule has 0 amide bonds. The van der Waals surface area contributed by atoms with Gasteiger partial charge in [0.05, 0.1) is 17.8 Å². The third-order valence-corrected chi connectivity index (χ3v) is 6.73. The quantitative estimate of drug-likeness (QED) is 0.797. The van der Waals surface area contributed by atoms with Gasteiger partial charge >= 0.3 is 0 Å². The molecule has 0 radical (unpaired) electrons. The first-order valence-electron chi connectivity index (χ1n) is 6.41. The number of aliphatic hydroxyl groups is 1. The molecule has 1 aliphatic heterocycles. The summed E-state index contributed by atoms with van der Waals surface area (Å²) in [5, 5.41) is 9.26. The van der Waals surface area contributed by atoms with Crippen molar-refractivity contribution in [2.75, 3.05) is 32.4 Å². The lowest BCUT2D eigenvalue weighted by atomic mass is 10.2. The summed E-state index contributed by atoms with van der Waals surface area (Å²) in [5.74, 6) is 0. The van der Waals surface area contributed by atoms with E-state index < -0.39 is 20.0 Å². The van der Waals surface area contributed by atoms with Crippen LogP contribution < -0.4 is 0 Å². The van der Waals surface area contributed by atoms with Crippen molar-refractivity contribution in [2.24, 2.45) is 0 Å². The van der Waals surface area contributed by atoms with Gasteiger partial charge in [0.15, 0.2) is 0 Å². The van der Waals surface area contributed by atoms with Crippen LogP contribution >= 0.6 is 0 Å². The van der Waals surface area contributed by atoms with Crippen molar-refractivity contribution >= 4 is 20.0 Å². The van der Waals surface area contributed by atoms with Crippen LogP contribution in [0.2, 0.25) is 0 Å². The van der Waals surface area contributed by atoms with E-state index in [0.717, 1.165) is 6.26 Å². The molecule has 118 valence electrons. The van der Waals surface area contributed by atoms with Gasteiger partial charge in [0, 0.05) is 26.2 Å². The molecule has 7 nitrogen and oxygen atoms in total. The minimum atomic E-state index is -3.72. The lowest BCUT2D eigenvalue weighted by Gasteiger charge is -2.32. The normalized spacial score (nSPS) is 18.8. The van der Waals surface area contributed by atoms with E-state index in [1.165, 1.54) is 14.7 Å². The minimum absolute atomic E-state index is 0.0697. The van der Waals surface area contributed by atoms with E-state index in [9.17, 15) is 21.9 Å². The van der Waals surface area contributed by atoms with E-state index in [2.05, 4.69) is 0 Å². The molecular formula is C12H18N2O5S2. The molecule has 0 unspecified atom stereocenters. The number of hydrogen-bond acceptors (Lipinski definition) is 5. The van der Waals surface area contributed by atoms with Crippen LogP contribution in [0.4, 0.5) is 0 Å². The van der Waals surface area contributed by atoms with Gasteiger partial charge in [-0.3, -0.25) is 0 Å². The van der Waals surface area contributed by atoms with Gasteiger partial charge in [-0.15, -0.1) is 0 Å². The topological polar surface area (TPSA) is 95.0 Å². The Hall–Kier alpha value is -1.00. The predicted molar refractivity (Wildman–Crippen MR) is 77.5 cm³/mol.